The van der Waals surface area contributed by atoms with Gasteiger partial charge in [-0.2, -0.15) is 5.26 Å². The average Bonchev–Trinajstić information content (AvgIpc) is 2.63. The van der Waals surface area contributed by atoms with E-state index in [4.69, 9.17) is 5.26 Å². The van der Waals surface area contributed by atoms with Crippen molar-refractivity contribution in [3.63, 3.8) is 0 Å². The van der Waals surface area contributed by atoms with Crippen molar-refractivity contribution in [3.8, 4) is 6.07 Å². The van der Waals surface area contributed by atoms with Crippen molar-refractivity contribution in [1.29, 1.82) is 5.26 Å². The fraction of sp³-hybridized carbons (Fsp3) is 0.375. The first-order chi connectivity index (χ1) is 12.0. The SMILES string of the molecule is CCOC(=O)C(=O)N1CC[C@H](C(=O)Nc2ccc(F)c(C#N)c2)SC1. The molecule has 1 atom stereocenters. The third-order valence-electron chi connectivity index (χ3n) is 3.48. The van der Waals surface area contributed by atoms with E-state index in [2.05, 4.69) is 10.1 Å². The Bertz CT molecular complexity index is 727. The lowest BCUT2D eigenvalue weighted by atomic mass is 10.2. The number of amides is 2. The summed E-state index contributed by atoms with van der Waals surface area (Å²) in [4.78, 5) is 36.8. The Kier molecular flexibility index (Phi) is 6.36. The molecule has 2 rings (SSSR count). The average molecular weight is 365 g/mol. The molecule has 0 bridgehead atoms. The second-order valence-electron chi connectivity index (χ2n) is 5.16. The molecular formula is C16H16FN3O4S. The monoisotopic (exact) mass is 365 g/mol. The predicted octanol–water partition coefficient (Wildman–Crippen LogP) is 1.49. The zero-order valence-electron chi connectivity index (χ0n) is 13.5. The van der Waals surface area contributed by atoms with Crippen LogP contribution in [0.5, 0.6) is 0 Å². The van der Waals surface area contributed by atoms with Crippen LogP contribution in [0.3, 0.4) is 0 Å². The first kappa shape index (κ1) is 18.7. The van der Waals surface area contributed by atoms with Gasteiger partial charge >= 0.3 is 11.9 Å². The summed E-state index contributed by atoms with van der Waals surface area (Å²) < 4.78 is 18.0. The van der Waals surface area contributed by atoms with Gasteiger partial charge in [-0.25, -0.2) is 9.18 Å². The standard InChI is InChI=1S/C16H16FN3O4S/c1-2-24-16(23)15(22)20-6-5-13(25-9-20)14(21)19-11-3-4-12(17)10(7-11)8-18/h3-4,7,13H,2,5-6,9H2,1H3,(H,19,21)/t13-/m1/s1. The van der Waals surface area contributed by atoms with Gasteiger partial charge in [-0.1, -0.05) is 0 Å². The number of anilines is 1. The molecule has 1 aliphatic heterocycles. The fourth-order valence-electron chi connectivity index (χ4n) is 2.20. The van der Waals surface area contributed by atoms with E-state index < -0.39 is 22.9 Å². The van der Waals surface area contributed by atoms with Crippen molar-refractivity contribution in [2.45, 2.75) is 18.6 Å². The third-order valence-corrected chi connectivity index (χ3v) is 4.79. The van der Waals surface area contributed by atoms with E-state index in [0.29, 0.717) is 12.1 Å². The van der Waals surface area contributed by atoms with E-state index in [1.807, 2.05) is 0 Å². The molecule has 1 heterocycles. The van der Waals surface area contributed by atoms with Crippen LogP contribution in [0.25, 0.3) is 0 Å². The highest BCUT2D eigenvalue weighted by molar-refractivity contribution is 8.00. The van der Waals surface area contributed by atoms with Crippen LogP contribution in [0, 0.1) is 17.1 Å². The van der Waals surface area contributed by atoms with E-state index in [1.54, 1.807) is 13.0 Å². The molecule has 0 aromatic heterocycles. The van der Waals surface area contributed by atoms with Gasteiger partial charge in [0, 0.05) is 12.2 Å². The van der Waals surface area contributed by atoms with Crippen LogP contribution >= 0.6 is 11.8 Å². The number of carbonyl (C=O) groups is 3. The largest absolute Gasteiger partial charge is 0.459 e. The lowest BCUT2D eigenvalue weighted by Crippen LogP contribution is -2.44. The molecule has 0 aliphatic carbocycles. The van der Waals surface area contributed by atoms with Gasteiger partial charge < -0.3 is 15.0 Å². The number of benzene rings is 1. The van der Waals surface area contributed by atoms with Crippen LogP contribution in [0.2, 0.25) is 0 Å². The van der Waals surface area contributed by atoms with Crippen LogP contribution < -0.4 is 5.32 Å². The molecule has 0 radical (unpaired) electrons. The van der Waals surface area contributed by atoms with Gasteiger partial charge in [0.1, 0.15) is 11.9 Å². The normalized spacial score (nSPS) is 16.7. The highest BCUT2D eigenvalue weighted by atomic mass is 32.2. The molecular weight excluding hydrogens is 349 g/mol. The number of thioether (sulfide) groups is 1. The maximum atomic E-state index is 13.3. The van der Waals surface area contributed by atoms with E-state index in [1.165, 1.54) is 28.8 Å². The molecule has 1 saturated heterocycles. The molecule has 1 N–H and O–H groups in total. The molecule has 0 spiro atoms. The number of nitrogens with one attached hydrogen (secondary N) is 1. The van der Waals surface area contributed by atoms with E-state index in [0.717, 1.165) is 6.07 Å². The summed E-state index contributed by atoms with van der Waals surface area (Å²) in [5, 5.41) is 11.0. The van der Waals surface area contributed by atoms with E-state index in [9.17, 15) is 18.8 Å². The lowest BCUT2D eigenvalue weighted by Gasteiger charge is -2.30. The lowest BCUT2D eigenvalue weighted by molar-refractivity contribution is -0.159. The van der Waals surface area contributed by atoms with Crippen molar-refractivity contribution < 1.29 is 23.5 Å². The molecule has 132 valence electrons. The Morgan fingerprint density at radius 3 is 2.84 bits per heavy atom. The predicted molar refractivity (Wildman–Crippen MR) is 89.0 cm³/mol. The van der Waals surface area contributed by atoms with Gasteiger partial charge in [0.05, 0.1) is 23.3 Å². The van der Waals surface area contributed by atoms with Gasteiger partial charge in [0.15, 0.2) is 0 Å². The van der Waals surface area contributed by atoms with Gasteiger partial charge in [0.25, 0.3) is 0 Å². The van der Waals surface area contributed by atoms with Gasteiger partial charge in [-0.3, -0.25) is 9.59 Å². The number of nitriles is 1. The third kappa shape index (κ3) is 4.70. The van der Waals surface area contributed by atoms with Crippen LogP contribution in [0.15, 0.2) is 18.2 Å². The van der Waals surface area contributed by atoms with Crippen LogP contribution in [-0.2, 0) is 19.1 Å². The van der Waals surface area contributed by atoms with Crippen molar-refractivity contribution in [1.82, 2.24) is 4.90 Å². The minimum atomic E-state index is -0.902. The number of hydrogen-bond acceptors (Lipinski definition) is 6. The summed E-state index contributed by atoms with van der Waals surface area (Å²) in [6.07, 6.45) is 0.369. The number of hydrogen-bond donors (Lipinski definition) is 1. The Balaban J connectivity index is 1.90. The molecule has 1 fully saturated rings. The van der Waals surface area contributed by atoms with Gasteiger partial charge in [0.2, 0.25) is 5.91 Å². The molecule has 0 unspecified atom stereocenters. The second-order valence-corrected chi connectivity index (χ2v) is 6.32. The fourth-order valence-corrected chi connectivity index (χ4v) is 3.29. The first-order valence-electron chi connectivity index (χ1n) is 7.54. The summed E-state index contributed by atoms with van der Waals surface area (Å²) in [5.74, 6) is -2.38. The van der Waals surface area contributed by atoms with Gasteiger partial charge in [-0.15, -0.1) is 11.8 Å². The maximum Gasteiger partial charge on any atom is 0.397 e. The summed E-state index contributed by atoms with van der Waals surface area (Å²) in [6, 6.07) is 5.46. The van der Waals surface area contributed by atoms with Crippen molar-refractivity contribution in [2.75, 3.05) is 24.3 Å². The molecule has 0 saturated carbocycles. The van der Waals surface area contributed by atoms with Crippen LogP contribution in [-0.4, -0.2) is 47.0 Å². The number of halogens is 1. The maximum absolute atomic E-state index is 13.3. The Hall–Kier alpha value is -2.60. The van der Waals surface area contributed by atoms with Crippen molar-refractivity contribution in [3.05, 3.63) is 29.6 Å². The Morgan fingerprint density at radius 1 is 1.48 bits per heavy atom. The summed E-state index contributed by atoms with van der Waals surface area (Å²) >= 11 is 1.22. The summed E-state index contributed by atoms with van der Waals surface area (Å²) in [7, 11) is 0. The first-order valence-corrected chi connectivity index (χ1v) is 8.59. The molecule has 1 aliphatic rings. The van der Waals surface area contributed by atoms with Crippen molar-refractivity contribution in [2.24, 2.45) is 0 Å². The number of ether oxygens (including phenoxy) is 1. The summed E-state index contributed by atoms with van der Waals surface area (Å²) in [5.41, 5.74) is 0.175. The van der Waals surface area contributed by atoms with Crippen LogP contribution in [0.4, 0.5) is 10.1 Å². The highest BCUT2D eigenvalue weighted by Crippen LogP contribution is 2.25. The number of carbonyl (C=O) groups excluding carboxylic acids is 3. The quantitative estimate of drug-likeness (QED) is 0.644. The molecule has 7 nitrogen and oxygen atoms in total. The number of rotatable bonds is 3. The molecule has 1 aromatic carbocycles. The second kappa shape index (κ2) is 8.48. The Morgan fingerprint density at radius 2 is 2.24 bits per heavy atom. The number of esters is 1. The van der Waals surface area contributed by atoms with E-state index in [-0.39, 0.29) is 30.5 Å². The van der Waals surface area contributed by atoms with Crippen molar-refractivity contribution >= 4 is 35.2 Å². The number of nitrogens with zero attached hydrogens (tertiary/aromatic N) is 2. The summed E-state index contributed by atoms with van der Waals surface area (Å²) in [6.45, 7) is 2.00. The Labute approximate surface area is 148 Å². The minimum absolute atomic E-state index is 0.124. The minimum Gasteiger partial charge on any atom is -0.459 e. The van der Waals surface area contributed by atoms with Crippen LogP contribution in [0.1, 0.15) is 18.9 Å². The highest BCUT2D eigenvalue weighted by Gasteiger charge is 2.31. The molecule has 25 heavy (non-hydrogen) atoms. The molecule has 2 amide bonds. The van der Waals surface area contributed by atoms with E-state index >= 15 is 0 Å². The topological polar surface area (TPSA) is 99.5 Å². The molecule has 1 aromatic rings. The zero-order chi connectivity index (χ0) is 18.4. The van der Waals surface area contributed by atoms with Gasteiger partial charge in [-0.05, 0) is 31.5 Å². The zero-order valence-corrected chi connectivity index (χ0v) is 14.3. The smallest absolute Gasteiger partial charge is 0.397 e. The molecule has 9 heteroatoms.